The van der Waals surface area contributed by atoms with Crippen molar-refractivity contribution in [3.05, 3.63) is 35.4 Å². The Hall–Kier alpha value is -1.39. The molecule has 0 radical (unpaired) electrons. The fourth-order valence-corrected chi connectivity index (χ4v) is 3.12. The molecule has 3 unspecified atom stereocenters. The van der Waals surface area contributed by atoms with Crippen LogP contribution in [0.3, 0.4) is 0 Å². The van der Waals surface area contributed by atoms with E-state index in [0.717, 1.165) is 25.7 Å². The molecule has 0 spiro atoms. The highest BCUT2D eigenvalue weighted by Crippen LogP contribution is 2.33. The number of fused-ring (bicyclic) bond motifs is 1. The largest absolute Gasteiger partial charge is 0.479 e. The highest BCUT2D eigenvalue weighted by atomic mass is 16.6. The zero-order valence-corrected chi connectivity index (χ0v) is 11.5. The molecular weight excluding hydrogens is 256 g/mol. The van der Waals surface area contributed by atoms with Crippen molar-refractivity contribution in [3.63, 3.8) is 0 Å². The van der Waals surface area contributed by atoms with Gasteiger partial charge in [0.1, 0.15) is 0 Å². The Kier molecular flexibility index (Phi) is 4.03. The van der Waals surface area contributed by atoms with Crippen LogP contribution >= 0.6 is 0 Å². The molecule has 1 aliphatic carbocycles. The van der Waals surface area contributed by atoms with Gasteiger partial charge in [-0.2, -0.15) is 0 Å². The number of hydrogen-bond acceptors (Lipinski definition) is 3. The molecule has 1 aromatic carbocycles. The number of carbonyl (C=O) groups is 1. The molecule has 1 aliphatic heterocycles. The van der Waals surface area contributed by atoms with Crippen LogP contribution in [-0.2, 0) is 20.7 Å². The van der Waals surface area contributed by atoms with Gasteiger partial charge < -0.3 is 14.6 Å². The van der Waals surface area contributed by atoms with Gasteiger partial charge in [-0.25, -0.2) is 4.79 Å². The molecule has 2 aliphatic rings. The molecule has 0 saturated carbocycles. The molecule has 3 atom stereocenters. The monoisotopic (exact) mass is 276 g/mol. The lowest BCUT2D eigenvalue weighted by Gasteiger charge is -2.26. The number of aliphatic carboxylic acids is 1. The van der Waals surface area contributed by atoms with Crippen molar-refractivity contribution in [1.29, 1.82) is 0 Å². The Morgan fingerprint density at radius 2 is 2.15 bits per heavy atom. The highest BCUT2D eigenvalue weighted by molar-refractivity contribution is 5.72. The van der Waals surface area contributed by atoms with Gasteiger partial charge in [0.25, 0.3) is 0 Å². The Balaban J connectivity index is 1.56. The predicted octanol–water partition coefficient (Wildman–Crippen LogP) is 2.71. The van der Waals surface area contributed by atoms with Gasteiger partial charge in [-0.3, -0.25) is 0 Å². The summed E-state index contributed by atoms with van der Waals surface area (Å²) in [5.74, 6) is -0.865. The smallest absolute Gasteiger partial charge is 0.332 e. The van der Waals surface area contributed by atoms with Gasteiger partial charge in [0.05, 0.1) is 18.8 Å². The van der Waals surface area contributed by atoms with Crippen LogP contribution in [0.2, 0.25) is 0 Å². The first kappa shape index (κ1) is 13.6. The molecule has 4 heteroatoms. The van der Waals surface area contributed by atoms with E-state index >= 15 is 0 Å². The number of benzene rings is 1. The standard InChI is InChI=1S/C16H20O4/c17-16(18)15-9-8-12(20-15)10-19-14-7-3-5-11-4-1-2-6-13(11)14/h1-2,4,6,12,14-15H,3,5,7-10H2,(H,17,18). The summed E-state index contributed by atoms with van der Waals surface area (Å²) in [5.41, 5.74) is 2.66. The maximum absolute atomic E-state index is 10.9. The number of aryl methyl sites for hydroxylation is 1. The van der Waals surface area contributed by atoms with E-state index in [9.17, 15) is 4.79 Å². The van der Waals surface area contributed by atoms with Gasteiger partial charge in [0.15, 0.2) is 6.10 Å². The van der Waals surface area contributed by atoms with Crippen LogP contribution in [0.25, 0.3) is 0 Å². The first-order valence-corrected chi connectivity index (χ1v) is 7.31. The highest BCUT2D eigenvalue weighted by Gasteiger charge is 2.31. The van der Waals surface area contributed by atoms with Crippen molar-refractivity contribution < 1.29 is 19.4 Å². The Bertz CT molecular complexity index is 485. The SMILES string of the molecule is O=C(O)C1CCC(COC2CCCc3ccccc32)O1. The minimum Gasteiger partial charge on any atom is -0.479 e. The molecule has 0 aromatic heterocycles. The van der Waals surface area contributed by atoms with E-state index in [0.29, 0.717) is 13.0 Å². The molecule has 1 aromatic rings. The van der Waals surface area contributed by atoms with Gasteiger partial charge in [-0.1, -0.05) is 24.3 Å². The zero-order chi connectivity index (χ0) is 13.9. The van der Waals surface area contributed by atoms with Crippen LogP contribution in [0.1, 0.15) is 42.9 Å². The van der Waals surface area contributed by atoms with Crippen LogP contribution in [0, 0.1) is 0 Å². The lowest BCUT2D eigenvalue weighted by Crippen LogP contribution is -2.24. The summed E-state index contributed by atoms with van der Waals surface area (Å²) in [7, 11) is 0. The molecule has 1 heterocycles. The van der Waals surface area contributed by atoms with Crippen LogP contribution in [0.4, 0.5) is 0 Å². The lowest BCUT2D eigenvalue weighted by atomic mass is 9.89. The van der Waals surface area contributed by atoms with Crippen molar-refractivity contribution >= 4 is 5.97 Å². The quantitative estimate of drug-likeness (QED) is 0.918. The van der Waals surface area contributed by atoms with Crippen molar-refractivity contribution in [2.24, 2.45) is 0 Å². The Morgan fingerprint density at radius 1 is 1.30 bits per heavy atom. The maximum Gasteiger partial charge on any atom is 0.332 e. The number of carboxylic acid groups (broad SMARTS) is 1. The summed E-state index contributed by atoms with van der Waals surface area (Å²) in [6.07, 6.45) is 4.06. The fourth-order valence-electron chi connectivity index (χ4n) is 3.12. The van der Waals surface area contributed by atoms with E-state index in [1.807, 2.05) is 6.07 Å². The van der Waals surface area contributed by atoms with Crippen molar-refractivity contribution in [2.75, 3.05) is 6.61 Å². The van der Waals surface area contributed by atoms with Gasteiger partial charge in [-0.05, 0) is 43.2 Å². The molecule has 108 valence electrons. The molecule has 4 nitrogen and oxygen atoms in total. The molecule has 0 amide bonds. The summed E-state index contributed by atoms with van der Waals surface area (Å²) in [4.78, 5) is 10.9. The zero-order valence-electron chi connectivity index (χ0n) is 11.5. The summed E-state index contributed by atoms with van der Waals surface area (Å²) in [6, 6.07) is 8.41. The van der Waals surface area contributed by atoms with Crippen molar-refractivity contribution in [2.45, 2.75) is 50.4 Å². The minimum atomic E-state index is -0.865. The molecule has 20 heavy (non-hydrogen) atoms. The molecule has 1 fully saturated rings. The first-order valence-electron chi connectivity index (χ1n) is 7.31. The topological polar surface area (TPSA) is 55.8 Å². The van der Waals surface area contributed by atoms with Crippen LogP contribution in [-0.4, -0.2) is 29.9 Å². The second kappa shape index (κ2) is 5.94. The summed E-state index contributed by atoms with van der Waals surface area (Å²) < 4.78 is 11.5. The molecule has 1 N–H and O–H groups in total. The van der Waals surface area contributed by atoms with Gasteiger partial charge >= 0.3 is 5.97 Å². The fraction of sp³-hybridized carbons (Fsp3) is 0.562. The van der Waals surface area contributed by atoms with Crippen molar-refractivity contribution in [1.82, 2.24) is 0 Å². The summed E-state index contributed by atoms with van der Waals surface area (Å²) >= 11 is 0. The number of rotatable bonds is 4. The molecular formula is C16H20O4. The average molecular weight is 276 g/mol. The number of ether oxygens (including phenoxy) is 2. The predicted molar refractivity (Wildman–Crippen MR) is 73.6 cm³/mol. The minimum absolute atomic E-state index is 0.0785. The third-order valence-electron chi connectivity index (χ3n) is 4.18. The number of carboxylic acids is 1. The van der Waals surface area contributed by atoms with E-state index in [1.54, 1.807) is 0 Å². The average Bonchev–Trinajstić information content (AvgIpc) is 2.94. The normalized spacial score (nSPS) is 29.1. The summed E-state index contributed by atoms with van der Waals surface area (Å²) in [5, 5.41) is 8.91. The second-order valence-electron chi connectivity index (χ2n) is 5.58. The van der Waals surface area contributed by atoms with E-state index in [1.165, 1.54) is 11.1 Å². The lowest BCUT2D eigenvalue weighted by molar-refractivity contribution is -0.151. The van der Waals surface area contributed by atoms with E-state index in [-0.39, 0.29) is 12.2 Å². The van der Waals surface area contributed by atoms with Crippen LogP contribution in [0.5, 0.6) is 0 Å². The summed E-state index contributed by atoms with van der Waals surface area (Å²) in [6.45, 7) is 0.489. The van der Waals surface area contributed by atoms with Gasteiger partial charge in [0.2, 0.25) is 0 Å². The third-order valence-corrected chi connectivity index (χ3v) is 4.18. The van der Waals surface area contributed by atoms with E-state index in [2.05, 4.69) is 18.2 Å². The maximum atomic E-state index is 10.9. The Labute approximate surface area is 118 Å². The molecule has 1 saturated heterocycles. The second-order valence-corrected chi connectivity index (χ2v) is 5.58. The first-order chi connectivity index (χ1) is 9.74. The molecule has 3 rings (SSSR count). The van der Waals surface area contributed by atoms with E-state index < -0.39 is 12.1 Å². The van der Waals surface area contributed by atoms with Gasteiger partial charge in [0, 0.05) is 0 Å². The van der Waals surface area contributed by atoms with E-state index in [4.69, 9.17) is 14.6 Å². The third kappa shape index (κ3) is 2.86. The van der Waals surface area contributed by atoms with Crippen LogP contribution in [0.15, 0.2) is 24.3 Å². The Morgan fingerprint density at radius 3 is 2.95 bits per heavy atom. The van der Waals surface area contributed by atoms with Crippen LogP contribution < -0.4 is 0 Å². The number of hydrogen-bond donors (Lipinski definition) is 1. The van der Waals surface area contributed by atoms with Gasteiger partial charge in [-0.15, -0.1) is 0 Å². The van der Waals surface area contributed by atoms with Crippen molar-refractivity contribution in [3.8, 4) is 0 Å². The molecule has 0 bridgehead atoms.